The van der Waals surface area contributed by atoms with Gasteiger partial charge in [0.2, 0.25) is 0 Å². The van der Waals surface area contributed by atoms with Gasteiger partial charge < -0.3 is 4.74 Å². The Hall–Kier alpha value is -0.170. The molecule has 0 unspecified atom stereocenters. The van der Waals surface area contributed by atoms with Crippen molar-refractivity contribution >= 4 is 11.6 Å². The number of hydrogen-bond acceptors (Lipinski definition) is 1. The highest BCUT2D eigenvalue weighted by molar-refractivity contribution is 6.29. The third-order valence-corrected chi connectivity index (χ3v) is 0.948. The first-order chi connectivity index (χ1) is 2.89. The van der Waals surface area contributed by atoms with Gasteiger partial charge in [0.25, 0.3) is 0 Å². The molecule has 6 heavy (non-hydrogen) atoms. The molecule has 1 heterocycles. The van der Waals surface area contributed by atoms with E-state index in [4.69, 9.17) is 16.3 Å². The molecular weight excluding hydrogens is 99.5 g/mol. The molecule has 1 nitrogen and oxygen atoms in total. The Morgan fingerprint density at radius 2 is 2.67 bits per heavy atom. The Morgan fingerprint density at radius 1 is 1.83 bits per heavy atom. The van der Waals surface area contributed by atoms with Gasteiger partial charge in [-0.2, -0.15) is 0 Å². The molecule has 1 aliphatic rings. The van der Waals surface area contributed by atoms with Crippen molar-refractivity contribution in [3.05, 3.63) is 11.3 Å². The molecule has 1 aliphatic heterocycles. The van der Waals surface area contributed by atoms with Crippen LogP contribution >= 0.6 is 11.6 Å². The van der Waals surface area contributed by atoms with E-state index in [0.717, 1.165) is 18.1 Å². The summed E-state index contributed by atoms with van der Waals surface area (Å²) in [5.74, 6) is 0. The average molecular weight is 105 g/mol. The van der Waals surface area contributed by atoms with Crippen LogP contribution in [0.25, 0.3) is 0 Å². The van der Waals surface area contributed by atoms with E-state index in [0.29, 0.717) is 0 Å². The Labute approximate surface area is 41.6 Å². The van der Waals surface area contributed by atoms with Crippen molar-refractivity contribution in [3.8, 4) is 0 Å². The van der Waals surface area contributed by atoms with Gasteiger partial charge in [-0.05, 0) is 0 Å². The molecule has 0 aromatic carbocycles. The number of hydrogen-bond donors (Lipinski definition) is 0. The smallest absolute Gasteiger partial charge is 0.0975 e. The van der Waals surface area contributed by atoms with Crippen molar-refractivity contribution in [2.75, 3.05) is 6.61 Å². The third-order valence-electron chi connectivity index (χ3n) is 0.670. The highest BCUT2D eigenvalue weighted by atomic mass is 35.5. The molecule has 0 bridgehead atoms. The average Bonchev–Trinajstić information content (AvgIpc) is 1.86. The van der Waals surface area contributed by atoms with Gasteiger partial charge in [-0.25, -0.2) is 0 Å². The van der Waals surface area contributed by atoms with Crippen LogP contribution < -0.4 is 0 Å². The normalized spacial score (nSPS) is 19.8. The lowest BCUT2D eigenvalue weighted by Crippen LogP contribution is -1.71. The molecule has 0 saturated heterocycles. The van der Waals surface area contributed by atoms with Crippen LogP contribution in [0.4, 0.5) is 0 Å². The fraction of sp³-hybridized carbons (Fsp3) is 0.500. The van der Waals surface area contributed by atoms with Crippen molar-refractivity contribution in [2.24, 2.45) is 0 Å². The number of rotatable bonds is 0. The quantitative estimate of drug-likeness (QED) is 0.453. The highest BCUT2D eigenvalue weighted by Crippen LogP contribution is 2.12. The first-order valence-electron chi connectivity index (χ1n) is 1.86. The van der Waals surface area contributed by atoms with Gasteiger partial charge in [-0.1, -0.05) is 11.6 Å². The summed E-state index contributed by atoms with van der Waals surface area (Å²) in [5, 5.41) is 0.829. The second kappa shape index (κ2) is 1.52. The van der Waals surface area contributed by atoms with Crippen molar-refractivity contribution in [2.45, 2.75) is 6.42 Å². The molecule has 34 valence electrons. The van der Waals surface area contributed by atoms with E-state index in [1.807, 2.05) is 0 Å². The van der Waals surface area contributed by atoms with Crippen LogP contribution in [-0.2, 0) is 4.74 Å². The highest BCUT2D eigenvalue weighted by Gasteiger charge is 1.98. The van der Waals surface area contributed by atoms with Crippen LogP contribution in [0.3, 0.4) is 0 Å². The van der Waals surface area contributed by atoms with E-state index < -0.39 is 0 Å². The summed E-state index contributed by atoms with van der Waals surface area (Å²) in [7, 11) is 0. The van der Waals surface area contributed by atoms with Crippen molar-refractivity contribution in [1.29, 1.82) is 0 Å². The molecular formula is C4H5ClO. The first-order valence-corrected chi connectivity index (χ1v) is 2.23. The van der Waals surface area contributed by atoms with Gasteiger partial charge in [0.15, 0.2) is 0 Å². The lowest BCUT2D eigenvalue weighted by atomic mass is 10.5. The van der Waals surface area contributed by atoms with Gasteiger partial charge in [0.1, 0.15) is 0 Å². The predicted molar refractivity (Wildman–Crippen MR) is 24.5 cm³/mol. The summed E-state index contributed by atoms with van der Waals surface area (Å²) >= 11 is 5.45. The van der Waals surface area contributed by atoms with E-state index in [1.54, 1.807) is 6.26 Å². The van der Waals surface area contributed by atoms with E-state index in [-0.39, 0.29) is 0 Å². The fourth-order valence-corrected chi connectivity index (χ4v) is 0.505. The molecule has 0 atom stereocenters. The Kier molecular flexibility index (Phi) is 1.01. The maximum atomic E-state index is 5.45. The molecule has 0 saturated carbocycles. The minimum absolute atomic E-state index is 0.763. The van der Waals surface area contributed by atoms with Crippen LogP contribution in [0.5, 0.6) is 0 Å². The molecule has 0 radical (unpaired) electrons. The lowest BCUT2D eigenvalue weighted by Gasteiger charge is -1.79. The molecule has 0 spiro atoms. The maximum absolute atomic E-state index is 5.45. The fourth-order valence-electron chi connectivity index (χ4n) is 0.365. The Morgan fingerprint density at radius 3 is 2.83 bits per heavy atom. The molecule has 0 N–H and O–H groups in total. The summed E-state index contributed by atoms with van der Waals surface area (Å²) in [6, 6.07) is 0. The van der Waals surface area contributed by atoms with Crippen LogP contribution in [0.2, 0.25) is 0 Å². The van der Waals surface area contributed by atoms with Gasteiger partial charge >= 0.3 is 0 Å². The van der Waals surface area contributed by atoms with E-state index >= 15 is 0 Å². The minimum atomic E-state index is 0.763. The van der Waals surface area contributed by atoms with Gasteiger partial charge in [0, 0.05) is 6.42 Å². The molecule has 1 rings (SSSR count). The monoisotopic (exact) mass is 104 g/mol. The minimum Gasteiger partial charge on any atom is -0.500 e. The second-order valence-corrected chi connectivity index (χ2v) is 1.67. The molecule has 0 aromatic heterocycles. The predicted octanol–water partition coefficient (Wildman–Crippen LogP) is 1.49. The van der Waals surface area contributed by atoms with Gasteiger partial charge in [-0.15, -0.1) is 0 Å². The molecule has 0 fully saturated rings. The summed E-state index contributed by atoms with van der Waals surface area (Å²) in [6.45, 7) is 0.763. The summed E-state index contributed by atoms with van der Waals surface area (Å²) in [4.78, 5) is 0. The summed E-state index contributed by atoms with van der Waals surface area (Å²) in [6.07, 6.45) is 2.48. The summed E-state index contributed by atoms with van der Waals surface area (Å²) < 4.78 is 4.76. The largest absolute Gasteiger partial charge is 0.500 e. The second-order valence-electron chi connectivity index (χ2n) is 1.19. The van der Waals surface area contributed by atoms with E-state index in [1.165, 1.54) is 0 Å². The SMILES string of the molecule is ClC1=COCC1. The summed E-state index contributed by atoms with van der Waals surface area (Å²) in [5.41, 5.74) is 0. The number of halogens is 1. The zero-order chi connectivity index (χ0) is 4.41. The van der Waals surface area contributed by atoms with Crippen molar-refractivity contribution in [1.82, 2.24) is 0 Å². The maximum Gasteiger partial charge on any atom is 0.0975 e. The first kappa shape index (κ1) is 4.00. The standard InChI is InChI=1S/C4H5ClO/c5-4-1-2-6-3-4/h3H,1-2H2. The van der Waals surface area contributed by atoms with Crippen LogP contribution in [0, 0.1) is 0 Å². The van der Waals surface area contributed by atoms with Crippen molar-refractivity contribution in [3.63, 3.8) is 0 Å². The van der Waals surface area contributed by atoms with Crippen LogP contribution in [0.1, 0.15) is 6.42 Å². The van der Waals surface area contributed by atoms with Gasteiger partial charge in [0.05, 0.1) is 17.9 Å². The van der Waals surface area contributed by atoms with Crippen LogP contribution in [-0.4, -0.2) is 6.61 Å². The van der Waals surface area contributed by atoms with Crippen molar-refractivity contribution < 1.29 is 4.74 Å². The molecule has 0 amide bonds. The Balaban J connectivity index is 2.45. The Bertz CT molecular complexity index is 77.6. The van der Waals surface area contributed by atoms with Crippen LogP contribution in [0.15, 0.2) is 11.3 Å². The third kappa shape index (κ3) is 0.658. The van der Waals surface area contributed by atoms with E-state index in [9.17, 15) is 0 Å². The molecule has 0 aromatic rings. The topological polar surface area (TPSA) is 9.23 Å². The van der Waals surface area contributed by atoms with Gasteiger partial charge in [-0.3, -0.25) is 0 Å². The molecule has 2 heteroatoms. The lowest BCUT2D eigenvalue weighted by molar-refractivity contribution is 0.281. The zero-order valence-corrected chi connectivity index (χ0v) is 4.03. The number of ether oxygens (including phenoxy) is 1. The molecule has 0 aliphatic carbocycles. The van der Waals surface area contributed by atoms with E-state index in [2.05, 4.69) is 0 Å². The zero-order valence-electron chi connectivity index (χ0n) is 3.28.